The standard InChI is InChI=1S/C60H39N3O/c1-3-12-47-38(2)61-55-17-8-6-15-50(55)54-37-46(36-53(47)60(54)61)62(44-30-25-41(26-31-44)42-27-34-52-51-16-7-11-20-58(51)64-59(52)35-42)43-28-21-39(22-29-43)40-23-32-45(33-24-40)63-56-18-9-4-13-48(56)49-14-5-10-19-57(49)63/h3-37H,1-2H2/b47-12+. The summed E-state index contributed by atoms with van der Waals surface area (Å²) in [4.78, 5) is 2.37. The van der Waals surface area contributed by atoms with E-state index in [1.165, 1.54) is 38.1 Å². The second-order valence-electron chi connectivity index (χ2n) is 16.7. The van der Waals surface area contributed by atoms with Gasteiger partial charge in [0, 0.05) is 71.0 Å². The van der Waals surface area contributed by atoms with Crippen LogP contribution in [0.2, 0.25) is 0 Å². The number of benzene rings is 9. The van der Waals surface area contributed by atoms with E-state index in [9.17, 15) is 0 Å². The summed E-state index contributed by atoms with van der Waals surface area (Å²) in [6.45, 7) is 8.66. The first-order valence-corrected chi connectivity index (χ1v) is 21.7. The maximum absolute atomic E-state index is 6.28. The molecule has 4 aromatic heterocycles. The van der Waals surface area contributed by atoms with E-state index in [0.717, 1.165) is 88.4 Å². The molecule has 300 valence electrons. The second-order valence-corrected chi connectivity index (χ2v) is 16.7. The fraction of sp³-hybridized carbons (Fsp3) is 0. The molecule has 0 radical (unpaired) electrons. The Morgan fingerprint density at radius 2 is 0.922 bits per heavy atom. The summed E-state index contributed by atoms with van der Waals surface area (Å²) < 4.78 is 10.9. The van der Waals surface area contributed by atoms with Gasteiger partial charge in [0.15, 0.2) is 0 Å². The van der Waals surface area contributed by atoms with Gasteiger partial charge in [-0.05, 0) is 107 Å². The number of allylic oxidation sites excluding steroid dienone is 1. The number of aromatic nitrogens is 2. The molecule has 4 nitrogen and oxygen atoms in total. The van der Waals surface area contributed by atoms with Crippen molar-refractivity contribution in [2.45, 2.75) is 0 Å². The van der Waals surface area contributed by atoms with E-state index in [2.05, 4.69) is 221 Å². The van der Waals surface area contributed by atoms with E-state index in [0.29, 0.717) is 0 Å². The predicted octanol–water partition coefficient (Wildman–Crippen LogP) is 14.9. The lowest BCUT2D eigenvalue weighted by Crippen LogP contribution is -2.23. The fourth-order valence-corrected chi connectivity index (χ4v) is 10.2. The smallest absolute Gasteiger partial charge is 0.136 e. The molecule has 0 aliphatic rings. The first kappa shape index (κ1) is 36.1. The third-order valence-corrected chi connectivity index (χ3v) is 13.2. The minimum atomic E-state index is 0.890. The number of anilines is 3. The molecule has 0 atom stereocenters. The van der Waals surface area contributed by atoms with Crippen LogP contribution in [0.5, 0.6) is 0 Å². The second kappa shape index (κ2) is 14.0. The normalized spacial score (nSPS) is 12.3. The summed E-state index contributed by atoms with van der Waals surface area (Å²) in [6, 6.07) is 72.1. The Hall–Kier alpha value is -8.60. The number of hydrogen-bond donors (Lipinski definition) is 0. The van der Waals surface area contributed by atoms with Gasteiger partial charge in [-0.15, -0.1) is 0 Å². The molecule has 0 amide bonds. The van der Waals surface area contributed by atoms with Crippen LogP contribution in [0.4, 0.5) is 17.1 Å². The van der Waals surface area contributed by atoms with Crippen molar-refractivity contribution in [3.8, 4) is 27.9 Å². The molecule has 64 heavy (non-hydrogen) atoms. The summed E-state index contributed by atoms with van der Waals surface area (Å²) >= 11 is 0. The van der Waals surface area contributed by atoms with Gasteiger partial charge in [0.1, 0.15) is 11.2 Å². The number of furan rings is 1. The van der Waals surface area contributed by atoms with Crippen molar-refractivity contribution in [2.24, 2.45) is 0 Å². The van der Waals surface area contributed by atoms with Gasteiger partial charge < -0.3 is 18.3 Å². The minimum absolute atomic E-state index is 0.890. The van der Waals surface area contributed by atoms with Gasteiger partial charge in [-0.25, -0.2) is 0 Å². The largest absolute Gasteiger partial charge is 0.456 e. The highest BCUT2D eigenvalue weighted by Crippen LogP contribution is 2.42. The number of para-hydroxylation sites is 4. The molecule has 0 fully saturated rings. The number of fused-ring (bicyclic) bond motifs is 9. The zero-order valence-electron chi connectivity index (χ0n) is 34.9. The lowest BCUT2D eigenvalue weighted by Gasteiger charge is -2.26. The van der Waals surface area contributed by atoms with Crippen LogP contribution in [-0.2, 0) is 0 Å². The summed E-state index contributed by atoms with van der Waals surface area (Å²) in [5.74, 6) is 0. The van der Waals surface area contributed by atoms with Crippen molar-refractivity contribution < 1.29 is 4.42 Å². The van der Waals surface area contributed by atoms with Gasteiger partial charge in [0.2, 0.25) is 0 Å². The van der Waals surface area contributed by atoms with Crippen molar-refractivity contribution >= 4 is 101 Å². The SMILES string of the molecule is C=C/C=c1\c(=C)n2c3ccccc3c3cc(N(c4ccc(-c5ccc(-n6c7ccccc7c7ccccc76)cc5)cc4)c4ccc(-c5ccc6c(c5)oc5ccccc56)cc4)cc1c32. The van der Waals surface area contributed by atoms with Gasteiger partial charge in [-0.2, -0.15) is 0 Å². The molecule has 0 aliphatic heterocycles. The highest BCUT2D eigenvalue weighted by molar-refractivity contribution is 6.16. The quantitative estimate of drug-likeness (QED) is 0.160. The van der Waals surface area contributed by atoms with E-state index in [1.54, 1.807) is 0 Å². The Balaban J connectivity index is 0.930. The molecule has 13 rings (SSSR count). The van der Waals surface area contributed by atoms with Gasteiger partial charge in [-0.3, -0.25) is 0 Å². The molecule has 0 spiro atoms. The predicted molar refractivity (Wildman–Crippen MR) is 270 cm³/mol. The zero-order chi connectivity index (χ0) is 42.5. The molecule has 0 unspecified atom stereocenters. The van der Waals surface area contributed by atoms with Crippen LogP contribution in [0.15, 0.2) is 217 Å². The highest BCUT2D eigenvalue weighted by Gasteiger charge is 2.21. The van der Waals surface area contributed by atoms with Gasteiger partial charge in [-0.1, -0.05) is 141 Å². The summed E-state index contributed by atoms with van der Waals surface area (Å²) in [6.07, 6.45) is 3.95. The molecule has 0 saturated heterocycles. The molecule has 13 aromatic rings. The average molecular weight is 818 g/mol. The van der Waals surface area contributed by atoms with Crippen molar-refractivity contribution in [3.63, 3.8) is 0 Å². The van der Waals surface area contributed by atoms with Gasteiger partial charge >= 0.3 is 0 Å². The van der Waals surface area contributed by atoms with Crippen LogP contribution in [0.3, 0.4) is 0 Å². The first-order valence-electron chi connectivity index (χ1n) is 21.7. The molecule has 9 aromatic carbocycles. The van der Waals surface area contributed by atoms with E-state index in [1.807, 2.05) is 18.2 Å². The lowest BCUT2D eigenvalue weighted by atomic mass is 10.0. The van der Waals surface area contributed by atoms with Crippen LogP contribution >= 0.6 is 0 Å². The monoisotopic (exact) mass is 817 g/mol. The molecule has 0 bridgehead atoms. The molecular formula is C60H39N3O. The Kier molecular flexibility index (Phi) is 7.87. The van der Waals surface area contributed by atoms with Crippen LogP contribution in [0, 0.1) is 0 Å². The molecule has 4 heteroatoms. The molecule has 0 N–H and O–H groups in total. The number of hydrogen-bond acceptors (Lipinski definition) is 2. The third kappa shape index (κ3) is 5.36. The fourth-order valence-electron chi connectivity index (χ4n) is 10.2. The maximum atomic E-state index is 6.28. The van der Waals surface area contributed by atoms with E-state index < -0.39 is 0 Å². The first-order chi connectivity index (χ1) is 31.6. The molecule has 0 aliphatic carbocycles. The Morgan fingerprint density at radius 3 is 1.56 bits per heavy atom. The Labute approximate surface area is 368 Å². The Bertz CT molecular complexity index is 4040. The van der Waals surface area contributed by atoms with Crippen molar-refractivity contribution in [2.75, 3.05) is 4.90 Å². The van der Waals surface area contributed by atoms with Gasteiger partial charge in [0.05, 0.1) is 22.1 Å². The summed E-state index contributed by atoms with van der Waals surface area (Å²) in [5.41, 5.74) is 15.4. The van der Waals surface area contributed by atoms with Crippen LogP contribution in [0.25, 0.3) is 112 Å². The molecule has 4 heterocycles. The average Bonchev–Trinajstić information content (AvgIpc) is 4.08. The minimum Gasteiger partial charge on any atom is -0.456 e. The van der Waals surface area contributed by atoms with Crippen molar-refractivity contribution in [3.05, 3.63) is 223 Å². The van der Waals surface area contributed by atoms with Crippen LogP contribution in [0.1, 0.15) is 0 Å². The molecular weight excluding hydrogens is 779 g/mol. The molecule has 0 saturated carbocycles. The Morgan fingerprint density at radius 1 is 0.422 bits per heavy atom. The number of nitrogens with zero attached hydrogens (tertiary/aromatic N) is 3. The van der Waals surface area contributed by atoms with Gasteiger partial charge in [0.25, 0.3) is 0 Å². The van der Waals surface area contributed by atoms with E-state index in [4.69, 9.17) is 4.42 Å². The maximum Gasteiger partial charge on any atom is 0.136 e. The van der Waals surface area contributed by atoms with Crippen molar-refractivity contribution in [1.29, 1.82) is 0 Å². The van der Waals surface area contributed by atoms with Crippen LogP contribution < -0.4 is 15.5 Å². The lowest BCUT2D eigenvalue weighted by molar-refractivity contribution is 0.669. The van der Waals surface area contributed by atoms with E-state index >= 15 is 0 Å². The van der Waals surface area contributed by atoms with Crippen LogP contribution in [-0.4, -0.2) is 8.97 Å². The number of rotatable bonds is 7. The van der Waals surface area contributed by atoms with Crippen molar-refractivity contribution in [1.82, 2.24) is 8.97 Å². The topological polar surface area (TPSA) is 25.7 Å². The third-order valence-electron chi connectivity index (χ3n) is 13.2. The zero-order valence-corrected chi connectivity index (χ0v) is 34.9. The summed E-state index contributed by atoms with van der Waals surface area (Å²) in [7, 11) is 0. The van der Waals surface area contributed by atoms with E-state index in [-0.39, 0.29) is 0 Å². The summed E-state index contributed by atoms with van der Waals surface area (Å²) in [5, 5.41) is 10.4. The highest BCUT2D eigenvalue weighted by atomic mass is 16.3.